The summed E-state index contributed by atoms with van der Waals surface area (Å²) in [4.78, 5) is 0. The van der Waals surface area contributed by atoms with E-state index in [2.05, 4.69) is 26.1 Å². The number of ether oxygens (including phenoxy) is 1. The molecular weight excluding hydrogens is 253 g/mol. The van der Waals surface area contributed by atoms with Gasteiger partial charge in [-0.25, -0.2) is 4.39 Å². The van der Waals surface area contributed by atoms with Crippen molar-refractivity contribution in [2.24, 2.45) is 11.8 Å². The second kappa shape index (κ2) is 6.57. The van der Waals surface area contributed by atoms with Gasteiger partial charge in [-0.3, -0.25) is 0 Å². The fraction of sp³-hybridized carbons (Fsp3) is 0.647. The fourth-order valence-electron chi connectivity index (χ4n) is 3.28. The van der Waals surface area contributed by atoms with Gasteiger partial charge in [-0.15, -0.1) is 0 Å². The van der Waals surface area contributed by atoms with Crippen molar-refractivity contribution in [1.82, 2.24) is 5.32 Å². The molecule has 1 aromatic rings. The van der Waals surface area contributed by atoms with E-state index in [1.165, 1.54) is 32.4 Å². The Labute approximate surface area is 121 Å². The van der Waals surface area contributed by atoms with Gasteiger partial charge in [0.2, 0.25) is 0 Å². The van der Waals surface area contributed by atoms with Crippen molar-refractivity contribution in [2.75, 3.05) is 7.11 Å². The monoisotopic (exact) mass is 279 g/mol. The molecule has 1 aliphatic carbocycles. The maximum atomic E-state index is 13.5. The van der Waals surface area contributed by atoms with Gasteiger partial charge in [0.1, 0.15) is 0 Å². The highest BCUT2D eigenvalue weighted by Gasteiger charge is 2.26. The van der Waals surface area contributed by atoms with Crippen molar-refractivity contribution in [3.8, 4) is 5.75 Å². The van der Waals surface area contributed by atoms with E-state index in [1.807, 2.05) is 6.07 Å². The van der Waals surface area contributed by atoms with Gasteiger partial charge >= 0.3 is 0 Å². The lowest BCUT2D eigenvalue weighted by Gasteiger charge is -2.35. The van der Waals surface area contributed by atoms with Crippen molar-refractivity contribution >= 4 is 0 Å². The standard InChI is InChI=1S/C17H26FNO/c1-11-5-8-16(12(2)9-11)19-13(3)14-6-7-15(18)17(10-14)20-4/h6-7,10-13,16,19H,5,8-9H2,1-4H3. The highest BCUT2D eigenvalue weighted by Crippen LogP contribution is 2.31. The Bertz CT molecular complexity index is 449. The van der Waals surface area contributed by atoms with Crippen LogP contribution in [-0.2, 0) is 0 Å². The van der Waals surface area contributed by atoms with E-state index in [4.69, 9.17) is 4.74 Å². The van der Waals surface area contributed by atoms with E-state index in [9.17, 15) is 4.39 Å². The number of benzene rings is 1. The molecule has 1 aromatic carbocycles. The maximum absolute atomic E-state index is 13.5. The molecule has 1 aliphatic rings. The Balaban J connectivity index is 2.02. The zero-order valence-corrected chi connectivity index (χ0v) is 12.9. The quantitative estimate of drug-likeness (QED) is 0.886. The predicted octanol–water partition coefficient (Wildman–Crippen LogP) is 4.31. The third-order valence-electron chi connectivity index (χ3n) is 4.57. The van der Waals surface area contributed by atoms with E-state index < -0.39 is 0 Å². The summed E-state index contributed by atoms with van der Waals surface area (Å²) < 4.78 is 18.5. The molecule has 2 rings (SSSR count). The summed E-state index contributed by atoms with van der Waals surface area (Å²) in [6, 6.07) is 5.88. The van der Waals surface area contributed by atoms with Gasteiger partial charge in [0.15, 0.2) is 11.6 Å². The first kappa shape index (κ1) is 15.3. The van der Waals surface area contributed by atoms with Gasteiger partial charge in [0, 0.05) is 12.1 Å². The first-order valence-electron chi connectivity index (χ1n) is 7.60. The Hall–Kier alpha value is -1.09. The van der Waals surface area contributed by atoms with Crippen molar-refractivity contribution in [2.45, 2.75) is 52.1 Å². The molecule has 0 radical (unpaired) electrons. The van der Waals surface area contributed by atoms with Crippen molar-refractivity contribution in [3.05, 3.63) is 29.6 Å². The van der Waals surface area contributed by atoms with Crippen molar-refractivity contribution < 1.29 is 9.13 Å². The molecule has 0 aliphatic heterocycles. The van der Waals surface area contributed by atoms with Crippen LogP contribution >= 0.6 is 0 Å². The van der Waals surface area contributed by atoms with Gasteiger partial charge < -0.3 is 10.1 Å². The van der Waals surface area contributed by atoms with Crippen LogP contribution in [0.2, 0.25) is 0 Å². The smallest absolute Gasteiger partial charge is 0.165 e. The predicted molar refractivity (Wildman–Crippen MR) is 80.5 cm³/mol. The summed E-state index contributed by atoms with van der Waals surface area (Å²) in [5, 5.41) is 3.70. The Morgan fingerprint density at radius 1 is 1.30 bits per heavy atom. The minimum atomic E-state index is -0.302. The molecule has 1 saturated carbocycles. The summed E-state index contributed by atoms with van der Waals surface area (Å²) in [6.07, 6.45) is 3.81. The molecule has 2 nitrogen and oxygen atoms in total. The van der Waals surface area contributed by atoms with E-state index in [1.54, 1.807) is 6.07 Å². The average Bonchev–Trinajstić information content (AvgIpc) is 2.42. The van der Waals surface area contributed by atoms with E-state index in [0.29, 0.717) is 17.7 Å². The Kier molecular flexibility index (Phi) is 5.03. The molecule has 4 atom stereocenters. The zero-order chi connectivity index (χ0) is 14.7. The summed E-state index contributed by atoms with van der Waals surface area (Å²) in [7, 11) is 1.50. The SMILES string of the molecule is COc1cc(C(C)NC2CCC(C)CC2C)ccc1F. The van der Waals surface area contributed by atoms with Crippen molar-refractivity contribution in [3.63, 3.8) is 0 Å². The number of nitrogens with one attached hydrogen (secondary N) is 1. The van der Waals surface area contributed by atoms with Gasteiger partial charge in [0.25, 0.3) is 0 Å². The van der Waals surface area contributed by atoms with Crippen LogP contribution in [0.5, 0.6) is 5.75 Å². The lowest BCUT2D eigenvalue weighted by molar-refractivity contribution is 0.216. The highest BCUT2D eigenvalue weighted by atomic mass is 19.1. The number of methoxy groups -OCH3 is 1. The van der Waals surface area contributed by atoms with Gasteiger partial charge in [0.05, 0.1) is 7.11 Å². The third kappa shape index (κ3) is 3.51. The lowest BCUT2D eigenvalue weighted by Crippen LogP contribution is -2.40. The molecule has 1 N–H and O–H groups in total. The van der Waals surface area contributed by atoms with Gasteiger partial charge in [-0.2, -0.15) is 0 Å². The van der Waals surface area contributed by atoms with Gasteiger partial charge in [-0.1, -0.05) is 19.9 Å². The molecule has 20 heavy (non-hydrogen) atoms. The molecule has 0 amide bonds. The van der Waals surface area contributed by atoms with Crippen LogP contribution in [0.3, 0.4) is 0 Å². The third-order valence-corrected chi connectivity index (χ3v) is 4.57. The molecule has 0 heterocycles. The molecular formula is C17H26FNO. The summed E-state index contributed by atoms with van der Waals surface area (Å²) in [5.41, 5.74) is 1.08. The molecule has 0 aromatic heterocycles. The lowest BCUT2D eigenvalue weighted by atomic mass is 9.79. The van der Waals surface area contributed by atoms with E-state index in [-0.39, 0.29) is 11.9 Å². The first-order valence-corrected chi connectivity index (χ1v) is 7.60. The topological polar surface area (TPSA) is 21.3 Å². The summed E-state index contributed by atoms with van der Waals surface area (Å²) in [5.74, 6) is 1.55. The maximum Gasteiger partial charge on any atom is 0.165 e. The second-order valence-electron chi connectivity index (χ2n) is 6.28. The molecule has 112 valence electrons. The molecule has 3 heteroatoms. The molecule has 4 unspecified atom stereocenters. The molecule has 0 spiro atoms. The minimum Gasteiger partial charge on any atom is -0.494 e. The first-order chi connectivity index (χ1) is 9.51. The normalized spacial score (nSPS) is 28.1. The van der Waals surface area contributed by atoms with Crippen LogP contribution in [0.25, 0.3) is 0 Å². The average molecular weight is 279 g/mol. The highest BCUT2D eigenvalue weighted by molar-refractivity contribution is 5.32. The van der Waals surface area contributed by atoms with Gasteiger partial charge in [-0.05, 0) is 55.7 Å². The molecule has 1 fully saturated rings. The largest absolute Gasteiger partial charge is 0.494 e. The molecule has 0 bridgehead atoms. The number of halogens is 1. The Morgan fingerprint density at radius 2 is 2.05 bits per heavy atom. The van der Waals surface area contributed by atoms with Crippen LogP contribution in [0.15, 0.2) is 18.2 Å². The molecule has 0 saturated heterocycles. The van der Waals surface area contributed by atoms with Crippen LogP contribution in [0.1, 0.15) is 51.6 Å². The van der Waals surface area contributed by atoms with Crippen LogP contribution in [0.4, 0.5) is 4.39 Å². The van der Waals surface area contributed by atoms with Crippen LogP contribution in [0, 0.1) is 17.7 Å². The van der Waals surface area contributed by atoms with Crippen LogP contribution in [-0.4, -0.2) is 13.2 Å². The van der Waals surface area contributed by atoms with Crippen molar-refractivity contribution in [1.29, 1.82) is 0 Å². The second-order valence-corrected chi connectivity index (χ2v) is 6.28. The number of hydrogen-bond acceptors (Lipinski definition) is 2. The minimum absolute atomic E-state index is 0.213. The van der Waals surface area contributed by atoms with E-state index in [0.717, 1.165) is 11.5 Å². The zero-order valence-electron chi connectivity index (χ0n) is 12.9. The van der Waals surface area contributed by atoms with Crippen LogP contribution < -0.4 is 10.1 Å². The fourth-order valence-corrected chi connectivity index (χ4v) is 3.28. The number of rotatable bonds is 4. The number of hydrogen-bond donors (Lipinski definition) is 1. The Morgan fingerprint density at radius 3 is 2.70 bits per heavy atom. The van der Waals surface area contributed by atoms with E-state index >= 15 is 0 Å². The summed E-state index contributed by atoms with van der Waals surface area (Å²) >= 11 is 0. The summed E-state index contributed by atoms with van der Waals surface area (Å²) in [6.45, 7) is 6.80.